The van der Waals surface area contributed by atoms with E-state index in [0.29, 0.717) is 38.9 Å². The summed E-state index contributed by atoms with van der Waals surface area (Å²) in [5.74, 6) is 0.477. The highest BCUT2D eigenvalue weighted by atomic mass is 79.9. The van der Waals surface area contributed by atoms with Crippen LogP contribution in [0.1, 0.15) is 16.7 Å². The average molecular weight is 562 g/mol. The number of ether oxygens (including phenoxy) is 2. The minimum atomic E-state index is -0.537. The van der Waals surface area contributed by atoms with E-state index in [-0.39, 0.29) is 5.57 Å². The molecule has 0 spiro atoms. The van der Waals surface area contributed by atoms with Gasteiger partial charge >= 0.3 is 0 Å². The summed E-state index contributed by atoms with van der Waals surface area (Å²) in [5, 5.41) is 15.2. The third-order valence-corrected chi connectivity index (χ3v) is 6.82. The molecule has 0 unspecified atom stereocenters. The second-order valence-corrected chi connectivity index (χ2v) is 9.25. The largest absolute Gasteiger partial charge is 0.493 e. The van der Waals surface area contributed by atoms with Crippen molar-refractivity contribution >= 4 is 56.0 Å². The number of carbonyl (C=O) groups is 1. The normalized spacial score (nSPS) is 11.1. The molecule has 4 aromatic carbocycles. The molecule has 36 heavy (non-hydrogen) atoms. The second kappa shape index (κ2) is 11.3. The predicted molar refractivity (Wildman–Crippen MR) is 147 cm³/mol. The number of nitrogens with zero attached hydrogens (tertiary/aromatic N) is 1. The lowest BCUT2D eigenvalue weighted by atomic mass is 10.1. The maximum absolute atomic E-state index is 12.8. The fourth-order valence-corrected chi connectivity index (χ4v) is 4.36. The number of rotatable bonds is 7. The van der Waals surface area contributed by atoms with Crippen LogP contribution in [0.4, 0.5) is 5.69 Å². The Hall–Kier alpha value is -3.79. The van der Waals surface area contributed by atoms with E-state index in [0.717, 1.165) is 21.9 Å². The summed E-state index contributed by atoms with van der Waals surface area (Å²) in [6.45, 7) is 2.15. The molecule has 0 saturated heterocycles. The molecule has 1 amide bonds. The van der Waals surface area contributed by atoms with Crippen LogP contribution in [0.15, 0.2) is 82.8 Å². The number of nitriles is 1. The third-order valence-electron chi connectivity index (χ3n) is 5.73. The Labute approximate surface area is 223 Å². The zero-order chi connectivity index (χ0) is 25.7. The van der Waals surface area contributed by atoms with E-state index in [1.54, 1.807) is 44.4 Å². The van der Waals surface area contributed by atoms with Gasteiger partial charge in [-0.3, -0.25) is 4.79 Å². The smallest absolute Gasteiger partial charge is 0.266 e. The monoisotopic (exact) mass is 560 g/mol. The first-order valence-electron chi connectivity index (χ1n) is 11.1. The van der Waals surface area contributed by atoms with Gasteiger partial charge in [-0.05, 0) is 64.7 Å². The highest BCUT2D eigenvalue weighted by Gasteiger charge is 2.15. The van der Waals surface area contributed by atoms with Crippen molar-refractivity contribution in [1.29, 1.82) is 5.26 Å². The van der Waals surface area contributed by atoms with Gasteiger partial charge in [0, 0.05) is 15.2 Å². The summed E-state index contributed by atoms with van der Waals surface area (Å²) >= 11 is 9.67. The number of methoxy groups -OCH3 is 1. The molecule has 5 nitrogen and oxygen atoms in total. The molecule has 0 bridgehead atoms. The highest BCUT2D eigenvalue weighted by molar-refractivity contribution is 9.10. The lowest BCUT2D eigenvalue weighted by Crippen LogP contribution is -2.14. The fourth-order valence-electron chi connectivity index (χ4n) is 3.74. The van der Waals surface area contributed by atoms with Crippen LogP contribution in [0.3, 0.4) is 0 Å². The van der Waals surface area contributed by atoms with E-state index in [9.17, 15) is 10.1 Å². The Morgan fingerprint density at radius 2 is 1.83 bits per heavy atom. The standard InChI is InChI=1S/C29H22BrClN2O3/c1-18-25(31)11-6-12-26(18)33-29(34)22(16-32)13-21-14-27(35-2)28(15-24(21)30)36-17-20-9-5-8-19-7-3-4-10-23(19)20/h3-15H,17H2,1-2H3,(H,33,34)/b22-13-. The number of carbonyl (C=O) groups excluding carboxylic acids is 1. The molecular weight excluding hydrogens is 540 g/mol. The molecule has 4 rings (SSSR count). The van der Waals surface area contributed by atoms with E-state index >= 15 is 0 Å². The van der Waals surface area contributed by atoms with Gasteiger partial charge < -0.3 is 14.8 Å². The number of hydrogen-bond donors (Lipinski definition) is 1. The number of hydrogen-bond acceptors (Lipinski definition) is 4. The van der Waals surface area contributed by atoms with E-state index < -0.39 is 5.91 Å². The van der Waals surface area contributed by atoms with Crippen molar-refractivity contribution in [2.45, 2.75) is 13.5 Å². The van der Waals surface area contributed by atoms with Crippen molar-refractivity contribution in [2.75, 3.05) is 12.4 Å². The Morgan fingerprint density at radius 1 is 1.08 bits per heavy atom. The first-order valence-corrected chi connectivity index (χ1v) is 12.2. The van der Waals surface area contributed by atoms with E-state index in [1.807, 2.05) is 30.3 Å². The molecular formula is C29H22BrClN2O3. The molecule has 4 aromatic rings. The summed E-state index contributed by atoms with van der Waals surface area (Å²) in [5.41, 5.74) is 2.85. The molecule has 7 heteroatoms. The molecule has 0 aromatic heterocycles. The summed E-state index contributed by atoms with van der Waals surface area (Å²) < 4.78 is 12.3. The first kappa shape index (κ1) is 25.3. The van der Waals surface area contributed by atoms with E-state index in [1.165, 1.54) is 6.08 Å². The lowest BCUT2D eigenvalue weighted by molar-refractivity contribution is -0.112. The molecule has 0 aliphatic heterocycles. The first-order chi connectivity index (χ1) is 17.4. The number of halogens is 2. The van der Waals surface area contributed by atoms with Gasteiger partial charge in [-0.1, -0.05) is 76.1 Å². The van der Waals surface area contributed by atoms with Gasteiger partial charge in [0.2, 0.25) is 0 Å². The second-order valence-electron chi connectivity index (χ2n) is 7.99. The van der Waals surface area contributed by atoms with Crippen molar-refractivity contribution in [1.82, 2.24) is 0 Å². The molecule has 0 radical (unpaired) electrons. The number of benzene rings is 4. The molecule has 0 saturated carbocycles. The average Bonchev–Trinajstić information content (AvgIpc) is 2.89. The van der Waals surface area contributed by atoms with Crippen LogP contribution in [0.25, 0.3) is 16.8 Å². The SMILES string of the molecule is COc1cc(/C=C(/C#N)C(=O)Nc2cccc(Cl)c2C)c(Br)cc1OCc1cccc2ccccc12. The highest BCUT2D eigenvalue weighted by Crippen LogP contribution is 2.35. The summed E-state index contributed by atoms with van der Waals surface area (Å²) in [6, 6.07) is 24.9. The molecule has 0 fully saturated rings. The van der Waals surface area contributed by atoms with Crippen LogP contribution in [-0.2, 0) is 11.4 Å². The number of nitrogens with one attached hydrogen (secondary N) is 1. The van der Waals surface area contributed by atoms with Gasteiger partial charge in [0.25, 0.3) is 5.91 Å². The minimum Gasteiger partial charge on any atom is -0.493 e. The van der Waals surface area contributed by atoms with Gasteiger partial charge in [-0.25, -0.2) is 0 Å². The van der Waals surface area contributed by atoms with Gasteiger partial charge in [0.15, 0.2) is 11.5 Å². The van der Waals surface area contributed by atoms with Crippen molar-refractivity contribution in [3.8, 4) is 17.6 Å². The summed E-state index contributed by atoms with van der Waals surface area (Å²) in [4.78, 5) is 12.8. The Bertz CT molecular complexity index is 1520. The number of fused-ring (bicyclic) bond motifs is 1. The number of amides is 1. The van der Waals surface area contributed by atoms with Crippen molar-refractivity contribution in [3.63, 3.8) is 0 Å². The molecule has 0 aliphatic carbocycles. The maximum atomic E-state index is 12.8. The Kier molecular flexibility index (Phi) is 7.94. The Balaban J connectivity index is 1.58. The van der Waals surface area contributed by atoms with Crippen molar-refractivity contribution in [2.24, 2.45) is 0 Å². The maximum Gasteiger partial charge on any atom is 0.266 e. The predicted octanol–water partition coefficient (Wildman–Crippen LogP) is 7.70. The topological polar surface area (TPSA) is 71.3 Å². The van der Waals surface area contributed by atoms with Crippen molar-refractivity contribution < 1.29 is 14.3 Å². The summed E-state index contributed by atoms with van der Waals surface area (Å²) in [6.07, 6.45) is 1.50. The van der Waals surface area contributed by atoms with Crippen LogP contribution in [0.5, 0.6) is 11.5 Å². The Morgan fingerprint density at radius 3 is 2.61 bits per heavy atom. The minimum absolute atomic E-state index is 0.0680. The van der Waals surface area contributed by atoms with Crippen LogP contribution >= 0.6 is 27.5 Å². The fraction of sp³-hybridized carbons (Fsp3) is 0.103. The van der Waals surface area contributed by atoms with Gasteiger partial charge in [-0.2, -0.15) is 5.26 Å². The van der Waals surface area contributed by atoms with Crippen LogP contribution in [-0.4, -0.2) is 13.0 Å². The van der Waals surface area contributed by atoms with Crippen molar-refractivity contribution in [3.05, 3.63) is 105 Å². The molecule has 0 atom stereocenters. The number of anilines is 1. The van der Waals surface area contributed by atoms with Crippen LogP contribution in [0.2, 0.25) is 5.02 Å². The summed E-state index contributed by atoms with van der Waals surface area (Å²) in [7, 11) is 1.54. The zero-order valence-corrected chi connectivity index (χ0v) is 22.0. The van der Waals surface area contributed by atoms with E-state index in [2.05, 4.69) is 39.4 Å². The van der Waals surface area contributed by atoms with Crippen LogP contribution < -0.4 is 14.8 Å². The van der Waals surface area contributed by atoms with Gasteiger partial charge in [0.05, 0.1) is 7.11 Å². The molecule has 0 aliphatic rings. The zero-order valence-electron chi connectivity index (χ0n) is 19.6. The van der Waals surface area contributed by atoms with Crippen LogP contribution in [0, 0.1) is 18.3 Å². The molecule has 180 valence electrons. The van der Waals surface area contributed by atoms with E-state index in [4.69, 9.17) is 21.1 Å². The van der Waals surface area contributed by atoms with Gasteiger partial charge in [-0.15, -0.1) is 0 Å². The molecule has 0 heterocycles. The third kappa shape index (κ3) is 5.54. The lowest BCUT2D eigenvalue weighted by Gasteiger charge is -2.14. The molecule has 1 N–H and O–H groups in total. The van der Waals surface area contributed by atoms with Gasteiger partial charge in [0.1, 0.15) is 18.2 Å². The quantitative estimate of drug-likeness (QED) is 0.185.